The molecule has 1 spiro atoms. The second-order valence-electron chi connectivity index (χ2n) is 9.07. The lowest BCUT2D eigenvalue weighted by molar-refractivity contribution is -0.165. The standard InChI is InChI=1S/C24H27NO5/c1-23(2)12-19(26)24(21(27)20(23)22(28)30-4)11-17-16-8-6-5-7-15(16)9-10-18(17)25(13-24)14-29-3/h5-10,20H,11-14H2,1-4H3/t20-,24+/m1/s1. The Labute approximate surface area is 176 Å². The molecule has 0 radical (unpaired) electrons. The summed E-state index contributed by atoms with van der Waals surface area (Å²) in [6.07, 6.45) is 0.435. The fraction of sp³-hybridized carbons (Fsp3) is 0.458. The number of carbonyl (C=O) groups excluding carboxylic acids is 3. The van der Waals surface area contributed by atoms with Crippen molar-refractivity contribution in [3.63, 3.8) is 0 Å². The van der Waals surface area contributed by atoms with Crippen LogP contribution in [0.4, 0.5) is 5.69 Å². The fourth-order valence-electron chi connectivity index (χ4n) is 5.20. The first-order chi connectivity index (χ1) is 14.2. The summed E-state index contributed by atoms with van der Waals surface area (Å²) in [6, 6.07) is 12.0. The highest BCUT2D eigenvalue weighted by molar-refractivity contribution is 6.18. The average Bonchev–Trinajstić information content (AvgIpc) is 2.72. The number of anilines is 1. The number of benzene rings is 2. The first-order valence-corrected chi connectivity index (χ1v) is 10.1. The van der Waals surface area contributed by atoms with Gasteiger partial charge in [-0.2, -0.15) is 0 Å². The molecule has 1 aliphatic heterocycles. The molecule has 1 fully saturated rings. The summed E-state index contributed by atoms with van der Waals surface area (Å²) in [5.41, 5.74) is -0.163. The predicted octanol–water partition coefficient (Wildman–Crippen LogP) is 3.15. The Morgan fingerprint density at radius 2 is 1.83 bits per heavy atom. The summed E-state index contributed by atoms with van der Waals surface area (Å²) in [5, 5.41) is 2.06. The van der Waals surface area contributed by atoms with E-state index in [1.54, 1.807) is 21.0 Å². The Kier molecular flexibility index (Phi) is 4.93. The van der Waals surface area contributed by atoms with Crippen LogP contribution in [0.15, 0.2) is 36.4 Å². The van der Waals surface area contributed by atoms with Crippen LogP contribution in [0.2, 0.25) is 0 Å². The van der Waals surface area contributed by atoms with Crippen LogP contribution in [0.5, 0.6) is 0 Å². The number of rotatable bonds is 3. The van der Waals surface area contributed by atoms with E-state index in [4.69, 9.17) is 9.47 Å². The van der Waals surface area contributed by atoms with Gasteiger partial charge in [-0.1, -0.05) is 44.2 Å². The van der Waals surface area contributed by atoms with Crippen molar-refractivity contribution in [3.8, 4) is 0 Å². The maximum atomic E-state index is 13.8. The van der Waals surface area contributed by atoms with E-state index >= 15 is 0 Å². The lowest BCUT2D eigenvalue weighted by Gasteiger charge is -2.49. The minimum Gasteiger partial charge on any atom is -0.468 e. The number of fused-ring (bicyclic) bond motifs is 3. The number of methoxy groups -OCH3 is 2. The zero-order chi connectivity index (χ0) is 21.7. The van der Waals surface area contributed by atoms with E-state index in [1.165, 1.54) is 7.11 Å². The molecule has 0 bridgehead atoms. The molecule has 0 N–H and O–H groups in total. The first kappa shape index (κ1) is 20.5. The highest BCUT2D eigenvalue weighted by atomic mass is 16.5. The summed E-state index contributed by atoms with van der Waals surface area (Å²) in [5.74, 6) is -1.99. The lowest BCUT2D eigenvalue weighted by atomic mass is 9.55. The molecule has 1 saturated carbocycles. The van der Waals surface area contributed by atoms with Crippen molar-refractivity contribution < 1.29 is 23.9 Å². The van der Waals surface area contributed by atoms with E-state index in [-0.39, 0.29) is 37.7 Å². The van der Waals surface area contributed by atoms with E-state index in [9.17, 15) is 14.4 Å². The van der Waals surface area contributed by atoms with Crippen molar-refractivity contribution in [1.29, 1.82) is 0 Å². The van der Waals surface area contributed by atoms with Gasteiger partial charge < -0.3 is 14.4 Å². The SMILES string of the molecule is COCN1C[C@@]2(Cc3c1ccc1ccccc31)C(=O)CC(C)(C)[C@@H](C(=O)OC)C2=O. The van der Waals surface area contributed by atoms with Crippen LogP contribution < -0.4 is 4.90 Å². The molecular formula is C24H27NO5. The summed E-state index contributed by atoms with van der Waals surface area (Å²) < 4.78 is 10.4. The normalized spacial score (nSPS) is 25.5. The number of esters is 1. The lowest BCUT2D eigenvalue weighted by Crippen LogP contribution is -2.62. The second kappa shape index (κ2) is 7.20. The molecule has 0 unspecified atom stereocenters. The van der Waals surface area contributed by atoms with Crippen LogP contribution in [0.25, 0.3) is 10.8 Å². The van der Waals surface area contributed by atoms with Gasteiger partial charge in [-0.3, -0.25) is 14.4 Å². The van der Waals surface area contributed by atoms with Gasteiger partial charge in [-0.25, -0.2) is 0 Å². The summed E-state index contributed by atoms with van der Waals surface area (Å²) in [6.45, 7) is 4.03. The van der Waals surface area contributed by atoms with Gasteiger partial charge in [0.15, 0.2) is 5.78 Å². The van der Waals surface area contributed by atoms with E-state index in [2.05, 4.69) is 0 Å². The highest BCUT2D eigenvalue weighted by Gasteiger charge is 2.61. The molecule has 1 heterocycles. The van der Waals surface area contributed by atoms with E-state index in [0.29, 0.717) is 0 Å². The Morgan fingerprint density at radius 3 is 2.53 bits per heavy atom. The number of hydrogen-bond acceptors (Lipinski definition) is 6. The molecule has 2 aliphatic rings. The van der Waals surface area contributed by atoms with Gasteiger partial charge in [0.25, 0.3) is 0 Å². The van der Waals surface area contributed by atoms with Gasteiger partial charge >= 0.3 is 5.97 Å². The van der Waals surface area contributed by atoms with Gasteiger partial charge in [0.2, 0.25) is 0 Å². The van der Waals surface area contributed by atoms with Crippen molar-refractivity contribution in [3.05, 3.63) is 42.0 Å². The zero-order valence-corrected chi connectivity index (χ0v) is 17.9. The second-order valence-corrected chi connectivity index (χ2v) is 9.07. The fourth-order valence-corrected chi connectivity index (χ4v) is 5.20. The van der Waals surface area contributed by atoms with Gasteiger partial charge in [0, 0.05) is 25.8 Å². The third-order valence-electron chi connectivity index (χ3n) is 6.68. The van der Waals surface area contributed by atoms with E-state index in [0.717, 1.165) is 22.0 Å². The molecule has 2 atom stereocenters. The zero-order valence-electron chi connectivity index (χ0n) is 17.9. The van der Waals surface area contributed by atoms with Gasteiger partial charge in [-0.05, 0) is 34.2 Å². The monoisotopic (exact) mass is 409 g/mol. The van der Waals surface area contributed by atoms with Crippen LogP contribution in [0.1, 0.15) is 25.8 Å². The van der Waals surface area contributed by atoms with Crippen molar-refractivity contribution >= 4 is 34.0 Å². The Hall–Kier alpha value is -2.73. The number of hydrogen-bond donors (Lipinski definition) is 0. The number of nitrogens with zero attached hydrogens (tertiary/aromatic N) is 1. The largest absolute Gasteiger partial charge is 0.468 e. The number of Topliss-reactive ketones (excluding diaryl/α,β-unsaturated/α-hetero) is 2. The molecule has 1 aliphatic carbocycles. The van der Waals surface area contributed by atoms with Gasteiger partial charge in [0.1, 0.15) is 23.8 Å². The molecule has 30 heavy (non-hydrogen) atoms. The minimum atomic E-state index is -1.29. The predicted molar refractivity (Wildman–Crippen MR) is 113 cm³/mol. The minimum absolute atomic E-state index is 0.114. The maximum Gasteiger partial charge on any atom is 0.316 e. The maximum absolute atomic E-state index is 13.8. The summed E-state index contributed by atoms with van der Waals surface area (Å²) in [7, 11) is 2.88. The molecular weight excluding hydrogens is 382 g/mol. The highest BCUT2D eigenvalue weighted by Crippen LogP contribution is 2.50. The van der Waals surface area contributed by atoms with Crippen LogP contribution in [-0.2, 0) is 30.3 Å². The van der Waals surface area contributed by atoms with E-state index in [1.807, 2.05) is 41.3 Å². The van der Waals surface area contributed by atoms with Crippen molar-refractivity contribution in [1.82, 2.24) is 0 Å². The Bertz CT molecular complexity index is 1040. The van der Waals surface area contributed by atoms with Crippen LogP contribution in [0.3, 0.4) is 0 Å². The molecule has 158 valence electrons. The molecule has 2 aromatic carbocycles. The molecule has 4 rings (SSSR count). The molecule has 6 nitrogen and oxygen atoms in total. The van der Waals surface area contributed by atoms with Gasteiger partial charge in [0.05, 0.1) is 7.11 Å². The van der Waals surface area contributed by atoms with Crippen LogP contribution in [0, 0.1) is 16.7 Å². The molecule has 2 aromatic rings. The first-order valence-electron chi connectivity index (χ1n) is 10.1. The molecule has 0 saturated heterocycles. The van der Waals surface area contributed by atoms with Crippen LogP contribution >= 0.6 is 0 Å². The molecule has 6 heteroatoms. The number of ketones is 2. The average molecular weight is 409 g/mol. The smallest absolute Gasteiger partial charge is 0.316 e. The quantitative estimate of drug-likeness (QED) is 0.573. The van der Waals surface area contributed by atoms with Crippen LogP contribution in [-0.4, -0.2) is 45.0 Å². The van der Waals surface area contributed by atoms with Gasteiger partial charge in [-0.15, -0.1) is 0 Å². The van der Waals surface area contributed by atoms with Crippen molar-refractivity contribution in [2.24, 2.45) is 16.7 Å². The summed E-state index contributed by atoms with van der Waals surface area (Å²) >= 11 is 0. The van der Waals surface area contributed by atoms with Crippen molar-refractivity contribution in [2.45, 2.75) is 26.7 Å². The Balaban J connectivity index is 1.90. The number of carbonyl (C=O) groups is 3. The molecule has 0 aromatic heterocycles. The topological polar surface area (TPSA) is 72.9 Å². The molecule has 0 amide bonds. The third-order valence-corrected chi connectivity index (χ3v) is 6.68. The van der Waals surface area contributed by atoms with E-state index < -0.39 is 22.7 Å². The third kappa shape index (κ3) is 2.93. The van der Waals surface area contributed by atoms with Crippen molar-refractivity contribution in [2.75, 3.05) is 32.4 Å². The summed E-state index contributed by atoms with van der Waals surface area (Å²) in [4.78, 5) is 41.9. The Morgan fingerprint density at radius 1 is 1.10 bits per heavy atom. The number of ether oxygens (including phenoxy) is 2.